The molecule has 0 radical (unpaired) electrons. The Bertz CT molecular complexity index is 1010. The standard InChI is InChI=1S/C25H37N5O3/c1-17-7-6-8-20-22(17)24-23(25(26)27-20)28-21(11-14-32-3)30(24)13-5-4-12-29(18(2)31)19-9-15-33-16-10-19/h6,8,17,19H,4-5,7,9-16H2,1-3H3,(H2,26,27). The number of methoxy groups -OCH3 is 1. The number of rotatable bonds is 9. The third-order valence-electron chi connectivity index (χ3n) is 6.92. The van der Waals surface area contributed by atoms with Crippen molar-refractivity contribution in [1.82, 2.24) is 19.4 Å². The number of carbonyl (C=O) groups excluding carboxylic acids is 1. The number of hydrogen-bond donors (Lipinski definition) is 1. The van der Waals surface area contributed by atoms with Crippen LogP contribution >= 0.6 is 0 Å². The Morgan fingerprint density at radius 3 is 2.82 bits per heavy atom. The lowest BCUT2D eigenvalue weighted by atomic mass is 9.90. The van der Waals surface area contributed by atoms with Crippen LogP contribution in [0.3, 0.4) is 0 Å². The summed E-state index contributed by atoms with van der Waals surface area (Å²) in [4.78, 5) is 23.9. The molecule has 1 unspecified atom stereocenters. The van der Waals surface area contributed by atoms with Crippen LogP contribution in [0.1, 0.15) is 69.0 Å². The number of anilines is 1. The van der Waals surface area contributed by atoms with Crippen molar-refractivity contribution in [3.8, 4) is 0 Å². The Kier molecular flexibility index (Phi) is 7.65. The lowest BCUT2D eigenvalue weighted by molar-refractivity contribution is -0.133. The van der Waals surface area contributed by atoms with Crippen LogP contribution in [0.25, 0.3) is 17.1 Å². The minimum absolute atomic E-state index is 0.157. The van der Waals surface area contributed by atoms with Crippen LogP contribution in [0.15, 0.2) is 6.08 Å². The molecule has 3 heterocycles. The zero-order chi connectivity index (χ0) is 23.4. The third-order valence-corrected chi connectivity index (χ3v) is 6.92. The van der Waals surface area contributed by atoms with Crippen LogP contribution in [-0.4, -0.2) is 64.9 Å². The van der Waals surface area contributed by atoms with Crippen molar-refractivity contribution in [2.45, 2.75) is 70.9 Å². The van der Waals surface area contributed by atoms with Crippen LogP contribution in [0.2, 0.25) is 0 Å². The summed E-state index contributed by atoms with van der Waals surface area (Å²) in [5.74, 6) is 2.00. The van der Waals surface area contributed by atoms with Crippen LogP contribution < -0.4 is 5.73 Å². The summed E-state index contributed by atoms with van der Waals surface area (Å²) in [6.07, 6.45) is 9.72. The van der Waals surface area contributed by atoms with E-state index in [1.54, 1.807) is 14.0 Å². The first-order valence-corrected chi connectivity index (χ1v) is 12.2. The van der Waals surface area contributed by atoms with Crippen molar-refractivity contribution < 1.29 is 14.3 Å². The number of imidazole rings is 1. The highest BCUT2D eigenvalue weighted by atomic mass is 16.5. The zero-order valence-corrected chi connectivity index (χ0v) is 20.2. The van der Waals surface area contributed by atoms with Gasteiger partial charge in [-0.05, 0) is 44.1 Å². The maximum Gasteiger partial charge on any atom is 0.219 e. The van der Waals surface area contributed by atoms with Crippen LogP contribution in [-0.2, 0) is 27.2 Å². The van der Waals surface area contributed by atoms with Crippen molar-refractivity contribution in [2.24, 2.45) is 0 Å². The number of unbranched alkanes of at least 4 members (excludes halogenated alkanes) is 1. The van der Waals surface area contributed by atoms with E-state index in [1.807, 2.05) is 4.90 Å². The first-order chi connectivity index (χ1) is 16.0. The summed E-state index contributed by atoms with van der Waals surface area (Å²) < 4.78 is 13.1. The smallest absolute Gasteiger partial charge is 0.219 e. The minimum atomic E-state index is 0.157. The number of aryl methyl sites for hydroxylation is 1. The van der Waals surface area contributed by atoms with Gasteiger partial charge in [-0.25, -0.2) is 9.97 Å². The van der Waals surface area contributed by atoms with Crippen molar-refractivity contribution in [2.75, 3.05) is 39.2 Å². The number of amides is 1. The van der Waals surface area contributed by atoms with Gasteiger partial charge in [-0.15, -0.1) is 0 Å². The highest BCUT2D eigenvalue weighted by Crippen LogP contribution is 2.37. The van der Waals surface area contributed by atoms with Crippen molar-refractivity contribution in [1.29, 1.82) is 0 Å². The second-order valence-corrected chi connectivity index (χ2v) is 9.22. The van der Waals surface area contributed by atoms with Gasteiger partial charge in [0.2, 0.25) is 5.91 Å². The van der Waals surface area contributed by atoms with E-state index in [-0.39, 0.29) is 5.91 Å². The summed E-state index contributed by atoms with van der Waals surface area (Å²) in [7, 11) is 1.71. The Hall–Kier alpha value is -2.45. The second kappa shape index (κ2) is 10.7. The Balaban J connectivity index is 1.56. The average Bonchev–Trinajstić information content (AvgIpc) is 3.17. The molecule has 8 heteroatoms. The molecule has 0 aromatic carbocycles. The van der Waals surface area contributed by atoms with Gasteiger partial charge in [-0.1, -0.05) is 13.0 Å². The molecule has 2 aromatic heterocycles. The van der Waals surface area contributed by atoms with E-state index in [2.05, 4.69) is 28.6 Å². The average molecular weight is 456 g/mol. The van der Waals surface area contributed by atoms with E-state index in [1.165, 1.54) is 5.56 Å². The summed E-state index contributed by atoms with van der Waals surface area (Å²) in [6, 6.07) is 0.299. The molecule has 1 aliphatic heterocycles. The summed E-state index contributed by atoms with van der Waals surface area (Å²) >= 11 is 0. The van der Waals surface area contributed by atoms with Crippen molar-refractivity contribution in [3.63, 3.8) is 0 Å². The molecule has 2 N–H and O–H groups in total. The fourth-order valence-corrected chi connectivity index (χ4v) is 5.20. The number of aromatic nitrogens is 3. The van der Waals surface area contributed by atoms with Crippen LogP contribution in [0.4, 0.5) is 5.82 Å². The number of pyridine rings is 1. The monoisotopic (exact) mass is 455 g/mol. The van der Waals surface area contributed by atoms with Crippen LogP contribution in [0.5, 0.6) is 0 Å². The lowest BCUT2D eigenvalue weighted by Gasteiger charge is -2.33. The van der Waals surface area contributed by atoms with Crippen LogP contribution in [0, 0.1) is 0 Å². The van der Waals surface area contributed by atoms with E-state index in [0.717, 1.165) is 87.4 Å². The summed E-state index contributed by atoms with van der Waals surface area (Å²) in [6.45, 7) is 7.62. The number of nitrogens with two attached hydrogens (primary N) is 1. The number of carbonyl (C=O) groups is 1. The molecule has 180 valence electrons. The molecule has 1 saturated heterocycles. The number of fused-ring (bicyclic) bond motifs is 3. The maximum absolute atomic E-state index is 12.3. The molecule has 0 bridgehead atoms. The second-order valence-electron chi connectivity index (χ2n) is 9.22. The molecule has 33 heavy (non-hydrogen) atoms. The molecular weight excluding hydrogens is 418 g/mol. The highest BCUT2D eigenvalue weighted by molar-refractivity contribution is 5.91. The topological polar surface area (TPSA) is 95.5 Å². The highest BCUT2D eigenvalue weighted by Gasteiger charge is 2.25. The van der Waals surface area contributed by atoms with Gasteiger partial charge in [-0.3, -0.25) is 4.79 Å². The first kappa shape index (κ1) is 23.7. The molecule has 1 fully saturated rings. The van der Waals surface area contributed by atoms with Crippen molar-refractivity contribution >= 4 is 28.8 Å². The molecule has 2 aliphatic rings. The number of nitrogen functional groups attached to an aromatic ring is 1. The molecule has 4 rings (SSSR count). The predicted octanol–water partition coefficient (Wildman–Crippen LogP) is 3.53. The number of allylic oxidation sites excluding steroid dienone is 1. The molecule has 1 aliphatic carbocycles. The molecule has 1 amide bonds. The lowest BCUT2D eigenvalue weighted by Crippen LogP contribution is -2.42. The molecule has 0 spiro atoms. The van der Waals surface area contributed by atoms with E-state index in [0.29, 0.717) is 24.4 Å². The summed E-state index contributed by atoms with van der Waals surface area (Å²) in [5, 5.41) is 0. The quantitative estimate of drug-likeness (QED) is 0.581. The van der Waals surface area contributed by atoms with Gasteiger partial charge >= 0.3 is 0 Å². The van der Waals surface area contributed by atoms with Gasteiger partial charge in [0.15, 0.2) is 5.82 Å². The Labute approximate surface area is 196 Å². The van der Waals surface area contributed by atoms with Crippen molar-refractivity contribution in [3.05, 3.63) is 23.2 Å². The Morgan fingerprint density at radius 1 is 1.30 bits per heavy atom. The zero-order valence-electron chi connectivity index (χ0n) is 20.2. The number of nitrogens with zero attached hydrogens (tertiary/aromatic N) is 4. The normalized spacial score (nSPS) is 18.6. The molecule has 8 nitrogen and oxygen atoms in total. The molecular formula is C25H37N5O3. The molecule has 1 atom stereocenters. The number of ether oxygens (including phenoxy) is 2. The van der Waals surface area contributed by atoms with Gasteiger partial charge < -0.3 is 24.7 Å². The van der Waals surface area contributed by atoms with Gasteiger partial charge in [0.05, 0.1) is 17.8 Å². The molecule has 2 aromatic rings. The van der Waals surface area contributed by atoms with E-state index < -0.39 is 0 Å². The van der Waals surface area contributed by atoms with E-state index >= 15 is 0 Å². The Morgan fingerprint density at radius 2 is 2.09 bits per heavy atom. The third kappa shape index (κ3) is 5.06. The maximum atomic E-state index is 12.3. The van der Waals surface area contributed by atoms with E-state index in [4.69, 9.17) is 20.2 Å². The minimum Gasteiger partial charge on any atom is -0.384 e. The van der Waals surface area contributed by atoms with Gasteiger partial charge in [-0.2, -0.15) is 0 Å². The van der Waals surface area contributed by atoms with Gasteiger partial charge in [0.1, 0.15) is 11.3 Å². The van der Waals surface area contributed by atoms with Gasteiger partial charge in [0, 0.05) is 58.4 Å². The fourth-order valence-electron chi connectivity index (χ4n) is 5.20. The van der Waals surface area contributed by atoms with E-state index in [9.17, 15) is 4.79 Å². The largest absolute Gasteiger partial charge is 0.384 e. The predicted molar refractivity (Wildman–Crippen MR) is 130 cm³/mol. The SMILES string of the molecule is COCCc1nc2c(N)nc3c(c2n1CCCCN(C(C)=O)C1CCOCC1)C(C)CC=C3. The molecule has 0 saturated carbocycles. The first-order valence-electron chi connectivity index (χ1n) is 12.2. The number of hydrogen-bond acceptors (Lipinski definition) is 6. The summed E-state index contributed by atoms with van der Waals surface area (Å²) in [5.41, 5.74) is 10.5. The fraction of sp³-hybridized carbons (Fsp3) is 0.640. The van der Waals surface area contributed by atoms with Gasteiger partial charge in [0.25, 0.3) is 0 Å².